The Morgan fingerprint density at radius 1 is 1.47 bits per heavy atom. The molecular weight excluding hydrogens is 260 g/mol. The summed E-state index contributed by atoms with van der Waals surface area (Å²) in [6.07, 6.45) is 0. The first-order chi connectivity index (χ1) is 8.68. The van der Waals surface area contributed by atoms with Crippen LogP contribution in [0.1, 0.15) is 24.2 Å². The van der Waals surface area contributed by atoms with Crippen LogP contribution in [0.3, 0.4) is 0 Å². The first kappa shape index (κ1) is 15.0. The summed E-state index contributed by atoms with van der Waals surface area (Å²) in [5.74, 6) is -3.41. The smallest absolute Gasteiger partial charge is 0.308 e. The molecule has 0 aliphatic heterocycles. The van der Waals surface area contributed by atoms with Gasteiger partial charge in [0.1, 0.15) is 5.82 Å². The van der Waals surface area contributed by atoms with Crippen LogP contribution in [0.4, 0.5) is 14.5 Å². The molecule has 0 bridgehead atoms. The number of carbonyl (C=O) groups excluding carboxylic acids is 1. The number of nitrogens with zero attached hydrogens (tertiary/aromatic N) is 1. The summed E-state index contributed by atoms with van der Waals surface area (Å²) < 4.78 is 26.9. The Balaban J connectivity index is 3.21. The minimum absolute atomic E-state index is 0.0672. The van der Waals surface area contributed by atoms with Crippen LogP contribution in [-0.4, -0.2) is 22.9 Å². The number of nitro groups is 1. The third-order valence-corrected chi connectivity index (χ3v) is 2.42. The summed E-state index contributed by atoms with van der Waals surface area (Å²) in [5.41, 5.74) is 2.73. The fourth-order valence-electron chi connectivity index (χ4n) is 1.30. The molecule has 0 fully saturated rings. The lowest BCUT2D eigenvalue weighted by Crippen LogP contribution is -2.49. The molecule has 1 aromatic rings. The highest BCUT2D eigenvalue weighted by Gasteiger charge is 2.27. The molecule has 0 aliphatic carbocycles. The summed E-state index contributed by atoms with van der Waals surface area (Å²) in [7, 11) is 0. The van der Waals surface area contributed by atoms with E-state index in [4.69, 9.17) is 5.73 Å². The van der Waals surface area contributed by atoms with Crippen LogP contribution in [0.15, 0.2) is 12.1 Å². The molecule has 1 aromatic carbocycles. The largest absolute Gasteiger partial charge is 0.346 e. The number of hydrogen-bond acceptors (Lipinski definition) is 4. The number of nitro benzene ring substituents is 1. The summed E-state index contributed by atoms with van der Waals surface area (Å²) in [6, 6.07) is 1.02. The number of nitrogens with one attached hydrogen (secondary N) is 1. The zero-order valence-electron chi connectivity index (χ0n) is 10.4. The standard InChI is InChI=1S/C11H13F2N3O3/c1-11(2,5-14)15-10(17)7-3-6(12)4-8(9(7)13)16(18)19/h3-4H,5,14H2,1-2H3,(H,15,17). The third-order valence-electron chi connectivity index (χ3n) is 2.42. The number of halogens is 2. The molecular formula is C11H13F2N3O3. The van der Waals surface area contributed by atoms with E-state index in [-0.39, 0.29) is 6.54 Å². The molecule has 0 radical (unpaired) electrons. The van der Waals surface area contributed by atoms with E-state index in [1.54, 1.807) is 13.8 Å². The van der Waals surface area contributed by atoms with Crippen molar-refractivity contribution in [3.8, 4) is 0 Å². The molecule has 6 nitrogen and oxygen atoms in total. The zero-order chi connectivity index (χ0) is 14.8. The van der Waals surface area contributed by atoms with Crippen molar-refractivity contribution in [1.82, 2.24) is 5.32 Å². The molecule has 3 N–H and O–H groups in total. The lowest BCUT2D eigenvalue weighted by Gasteiger charge is -2.24. The van der Waals surface area contributed by atoms with Gasteiger partial charge in [-0.3, -0.25) is 14.9 Å². The number of hydrogen-bond donors (Lipinski definition) is 2. The molecule has 19 heavy (non-hydrogen) atoms. The number of benzene rings is 1. The van der Waals surface area contributed by atoms with Crippen LogP contribution < -0.4 is 11.1 Å². The Hall–Kier alpha value is -2.09. The molecule has 0 saturated carbocycles. The number of nitrogens with two attached hydrogens (primary N) is 1. The van der Waals surface area contributed by atoms with E-state index in [0.29, 0.717) is 12.1 Å². The van der Waals surface area contributed by atoms with Crippen LogP contribution >= 0.6 is 0 Å². The topological polar surface area (TPSA) is 98.3 Å². The monoisotopic (exact) mass is 273 g/mol. The van der Waals surface area contributed by atoms with Gasteiger partial charge >= 0.3 is 5.69 Å². The van der Waals surface area contributed by atoms with Gasteiger partial charge < -0.3 is 11.1 Å². The Labute approximate surface area is 107 Å². The van der Waals surface area contributed by atoms with Crippen molar-refractivity contribution in [2.75, 3.05) is 6.54 Å². The van der Waals surface area contributed by atoms with Gasteiger partial charge in [-0.25, -0.2) is 4.39 Å². The molecule has 8 heteroatoms. The molecule has 0 spiro atoms. The number of rotatable bonds is 4. The predicted octanol–water partition coefficient (Wildman–Crippen LogP) is 1.34. The summed E-state index contributed by atoms with van der Waals surface area (Å²) in [4.78, 5) is 21.2. The van der Waals surface area contributed by atoms with Gasteiger partial charge in [0.15, 0.2) is 0 Å². The van der Waals surface area contributed by atoms with Gasteiger partial charge in [0, 0.05) is 12.1 Å². The van der Waals surface area contributed by atoms with Gasteiger partial charge in [0.2, 0.25) is 5.82 Å². The quantitative estimate of drug-likeness (QED) is 0.638. The van der Waals surface area contributed by atoms with Gasteiger partial charge in [-0.1, -0.05) is 0 Å². The fraction of sp³-hybridized carbons (Fsp3) is 0.364. The lowest BCUT2D eigenvalue weighted by molar-refractivity contribution is -0.387. The average Bonchev–Trinajstić information content (AvgIpc) is 2.30. The van der Waals surface area contributed by atoms with Crippen molar-refractivity contribution >= 4 is 11.6 Å². The molecule has 1 amide bonds. The molecule has 0 aromatic heterocycles. The number of amides is 1. The molecule has 0 heterocycles. The molecule has 104 valence electrons. The van der Waals surface area contributed by atoms with Gasteiger partial charge in [0.05, 0.1) is 16.6 Å². The van der Waals surface area contributed by atoms with E-state index in [2.05, 4.69) is 5.32 Å². The Morgan fingerprint density at radius 2 is 2.05 bits per heavy atom. The molecule has 0 unspecified atom stereocenters. The first-order valence-electron chi connectivity index (χ1n) is 5.34. The van der Waals surface area contributed by atoms with Crippen molar-refractivity contribution in [2.24, 2.45) is 5.73 Å². The Bertz CT molecular complexity index is 532. The van der Waals surface area contributed by atoms with Gasteiger partial charge in [-0.05, 0) is 19.9 Å². The maximum atomic E-state index is 13.7. The Morgan fingerprint density at radius 3 is 2.53 bits per heavy atom. The van der Waals surface area contributed by atoms with Crippen LogP contribution in [0, 0.1) is 21.7 Å². The second-order valence-electron chi connectivity index (χ2n) is 4.59. The maximum Gasteiger partial charge on any atom is 0.308 e. The third kappa shape index (κ3) is 3.44. The second-order valence-corrected chi connectivity index (χ2v) is 4.59. The minimum atomic E-state index is -1.38. The van der Waals surface area contributed by atoms with Crippen molar-refractivity contribution in [3.63, 3.8) is 0 Å². The van der Waals surface area contributed by atoms with E-state index in [0.717, 1.165) is 0 Å². The van der Waals surface area contributed by atoms with Crippen LogP contribution in [0.25, 0.3) is 0 Å². The normalized spacial score (nSPS) is 11.2. The maximum absolute atomic E-state index is 13.7. The van der Waals surface area contributed by atoms with Crippen molar-refractivity contribution in [2.45, 2.75) is 19.4 Å². The summed E-state index contributed by atoms with van der Waals surface area (Å²) in [6.45, 7) is 3.23. The van der Waals surface area contributed by atoms with E-state index in [1.807, 2.05) is 0 Å². The van der Waals surface area contributed by atoms with Crippen molar-refractivity contribution < 1.29 is 18.5 Å². The second kappa shape index (κ2) is 5.27. The summed E-state index contributed by atoms with van der Waals surface area (Å²) in [5, 5.41) is 12.9. The van der Waals surface area contributed by atoms with Crippen LogP contribution in [-0.2, 0) is 0 Å². The SMILES string of the molecule is CC(C)(CN)NC(=O)c1cc(F)cc([N+](=O)[O-])c1F. The highest BCUT2D eigenvalue weighted by Crippen LogP contribution is 2.22. The fourth-order valence-corrected chi connectivity index (χ4v) is 1.30. The Kier molecular flexibility index (Phi) is 4.15. The molecule has 0 saturated heterocycles. The molecule has 1 rings (SSSR count). The number of carbonyl (C=O) groups is 1. The predicted molar refractivity (Wildman–Crippen MR) is 63.6 cm³/mol. The first-order valence-corrected chi connectivity index (χ1v) is 5.34. The average molecular weight is 273 g/mol. The summed E-state index contributed by atoms with van der Waals surface area (Å²) >= 11 is 0. The lowest BCUT2D eigenvalue weighted by atomic mass is 10.0. The van der Waals surface area contributed by atoms with Crippen molar-refractivity contribution in [1.29, 1.82) is 0 Å². The van der Waals surface area contributed by atoms with Crippen LogP contribution in [0.5, 0.6) is 0 Å². The van der Waals surface area contributed by atoms with E-state index < -0.39 is 39.3 Å². The van der Waals surface area contributed by atoms with Gasteiger partial charge in [-0.2, -0.15) is 4.39 Å². The zero-order valence-corrected chi connectivity index (χ0v) is 10.4. The minimum Gasteiger partial charge on any atom is -0.346 e. The van der Waals surface area contributed by atoms with Gasteiger partial charge in [-0.15, -0.1) is 0 Å². The van der Waals surface area contributed by atoms with Gasteiger partial charge in [0.25, 0.3) is 5.91 Å². The van der Waals surface area contributed by atoms with E-state index in [9.17, 15) is 23.7 Å². The molecule has 0 aliphatic rings. The van der Waals surface area contributed by atoms with Crippen LogP contribution in [0.2, 0.25) is 0 Å². The van der Waals surface area contributed by atoms with E-state index >= 15 is 0 Å². The molecule has 0 atom stereocenters. The van der Waals surface area contributed by atoms with E-state index in [1.165, 1.54) is 0 Å². The highest BCUT2D eigenvalue weighted by atomic mass is 19.1. The van der Waals surface area contributed by atoms with Crippen molar-refractivity contribution in [3.05, 3.63) is 39.4 Å². The highest BCUT2D eigenvalue weighted by molar-refractivity contribution is 5.95.